The first-order valence-corrected chi connectivity index (χ1v) is 8.29. The van der Waals surface area contributed by atoms with Gasteiger partial charge in [-0.3, -0.25) is 10.4 Å². The number of hydrogen-bond donors (Lipinski definition) is 3. The standard InChI is InChI=1S/C19H14F2N6O/c20-19(21)5-11-3-10(6-22)7-26-17(11)18(19)27-12-1-2-14(23)13(4-12)16(24)15-8-25-9-28-15/h1-4,7-9,18,24,27H,5,23H2. The summed E-state index contributed by atoms with van der Waals surface area (Å²) in [4.78, 5) is 7.83. The number of aromatic nitrogens is 2. The van der Waals surface area contributed by atoms with Gasteiger partial charge < -0.3 is 15.5 Å². The first-order chi connectivity index (χ1) is 13.4. The number of nitrogens with zero attached hydrogens (tertiary/aromatic N) is 3. The number of anilines is 2. The molecule has 0 amide bonds. The second-order valence-electron chi connectivity index (χ2n) is 6.44. The third-order valence-corrected chi connectivity index (χ3v) is 4.56. The van der Waals surface area contributed by atoms with E-state index in [9.17, 15) is 8.78 Å². The van der Waals surface area contributed by atoms with E-state index in [1.807, 2.05) is 6.07 Å². The molecule has 9 heteroatoms. The molecule has 0 aliphatic heterocycles. The maximum Gasteiger partial charge on any atom is 0.277 e. The molecule has 0 saturated heterocycles. The van der Waals surface area contributed by atoms with Crippen LogP contribution in [0.5, 0.6) is 0 Å². The molecule has 2 aromatic heterocycles. The SMILES string of the molecule is N#Cc1cnc2c(c1)CC(F)(F)C2Nc1ccc(N)c(C(=N)c2cnco2)c1. The van der Waals surface area contributed by atoms with Gasteiger partial charge in [-0.2, -0.15) is 5.26 Å². The summed E-state index contributed by atoms with van der Waals surface area (Å²) in [5.41, 5.74) is 7.72. The van der Waals surface area contributed by atoms with Gasteiger partial charge in [0.05, 0.1) is 17.5 Å². The lowest BCUT2D eigenvalue weighted by molar-refractivity contribution is -0.00769. The monoisotopic (exact) mass is 380 g/mol. The fourth-order valence-corrected chi connectivity index (χ4v) is 3.21. The highest BCUT2D eigenvalue weighted by Gasteiger charge is 2.49. The fraction of sp³-hybridized carbons (Fsp3) is 0.158. The predicted octanol–water partition coefficient (Wildman–Crippen LogP) is 3.28. The van der Waals surface area contributed by atoms with Crippen molar-refractivity contribution >= 4 is 17.1 Å². The molecule has 0 radical (unpaired) electrons. The molecule has 3 aromatic rings. The molecule has 1 unspecified atom stereocenters. The van der Waals surface area contributed by atoms with Crippen molar-refractivity contribution in [2.75, 3.05) is 11.1 Å². The van der Waals surface area contributed by atoms with Gasteiger partial charge in [-0.25, -0.2) is 13.8 Å². The normalized spacial score (nSPS) is 17.0. The lowest BCUT2D eigenvalue weighted by Crippen LogP contribution is -2.28. The average Bonchev–Trinajstić information content (AvgIpc) is 3.28. The van der Waals surface area contributed by atoms with Gasteiger partial charge in [-0.05, 0) is 29.8 Å². The molecule has 0 fully saturated rings. The number of nitriles is 1. The highest BCUT2D eigenvalue weighted by Crippen LogP contribution is 2.44. The number of rotatable bonds is 4. The number of nitrogen functional groups attached to an aromatic ring is 1. The van der Waals surface area contributed by atoms with Gasteiger partial charge in [0.1, 0.15) is 17.8 Å². The summed E-state index contributed by atoms with van der Waals surface area (Å²) in [5, 5.41) is 20.0. The average molecular weight is 380 g/mol. The maximum absolute atomic E-state index is 14.6. The number of nitrogens with two attached hydrogens (primary N) is 1. The Morgan fingerprint density at radius 2 is 2.18 bits per heavy atom. The van der Waals surface area contributed by atoms with Crippen molar-refractivity contribution in [3.8, 4) is 6.07 Å². The predicted molar refractivity (Wildman–Crippen MR) is 97.3 cm³/mol. The van der Waals surface area contributed by atoms with Crippen LogP contribution in [-0.4, -0.2) is 21.6 Å². The molecule has 1 atom stereocenters. The minimum absolute atomic E-state index is 0.00554. The molecule has 4 N–H and O–H groups in total. The molecule has 0 saturated carbocycles. The Labute approximate surface area is 158 Å². The van der Waals surface area contributed by atoms with E-state index in [1.54, 1.807) is 6.07 Å². The Kier molecular flexibility index (Phi) is 4.04. The van der Waals surface area contributed by atoms with Crippen molar-refractivity contribution < 1.29 is 13.2 Å². The summed E-state index contributed by atoms with van der Waals surface area (Å²) in [6, 6.07) is 6.59. The molecule has 4 rings (SSSR count). The first-order valence-electron chi connectivity index (χ1n) is 8.29. The number of oxazole rings is 1. The molecule has 28 heavy (non-hydrogen) atoms. The molecule has 1 aliphatic rings. The Hall–Kier alpha value is -3.80. The number of benzene rings is 1. The lowest BCUT2D eigenvalue weighted by atomic mass is 10.0. The van der Waals surface area contributed by atoms with Crippen LogP contribution in [0, 0.1) is 16.7 Å². The van der Waals surface area contributed by atoms with Gasteiger partial charge in [-0.15, -0.1) is 0 Å². The van der Waals surface area contributed by atoms with Gasteiger partial charge in [-0.1, -0.05) is 0 Å². The summed E-state index contributed by atoms with van der Waals surface area (Å²) in [5.74, 6) is -2.87. The Bertz CT molecular complexity index is 1100. The van der Waals surface area contributed by atoms with Crippen LogP contribution in [0.25, 0.3) is 0 Å². The van der Waals surface area contributed by atoms with Crippen molar-refractivity contribution in [1.82, 2.24) is 9.97 Å². The van der Waals surface area contributed by atoms with Crippen LogP contribution in [0.2, 0.25) is 0 Å². The van der Waals surface area contributed by atoms with Crippen molar-refractivity contribution in [3.05, 3.63) is 71.2 Å². The van der Waals surface area contributed by atoms with Crippen molar-refractivity contribution in [1.29, 1.82) is 10.7 Å². The highest BCUT2D eigenvalue weighted by atomic mass is 19.3. The highest BCUT2D eigenvalue weighted by molar-refractivity contribution is 6.12. The quantitative estimate of drug-likeness (QED) is 0.471. The van der Waals surface area contributed by atoms with Crippen molar-refractivity contribution in [2.24, 2.45) is 0 Å². The molecule has 1 aliphatic carbocycles. The molecular weight excluding hydrogens is 366 g/mol. The van der Waals surface area contributed by atoms with E-state index in [-0.39, 0.29) is 22.7 Å². The van der Waals surface area contributed by atoms with Crippen LogP contribution in [0.3, 0.4) is 0 Å². The van der Waals surface area contributed by atoms with Crippen molar-refractivity contribution in [3.63, 3.8) is 0 Å². The third kappa shape index (κ3) is 2.95. The molecule has 0 bridgehead atoms. The second-order valence-corrected chi connectivity index (χ2v) is 6.44. The number of nitrogens with one attached hydrogen (secondary N) is 2. The van der Waals surface area contributed by atoms with Gasteiger partial charge in [0, 0.05) is 29.6 Å². The fourth-order valence-electron chi connectivity index (χ4n) is 3.21. The van der Waals surface area contributed by atoms with Crippen LogP contribution in [0.4, 0.5) is 20.2 Å². The summed E-state index contributed by atoms with van der Waals surface area (Å²) in [6.45, 7) is 0. The minimum Gasteiger partial charge on any atom is -0.442 e. The zero-order valence-corrected chi connectivity index (χ0v) is 14.4. The number of fused-ring (bicyclic) bond motifs is 1. The van der Waals surface area contributed by atoms with E-state index in [4.69, 9.17) is 20.8 Å². The molecule has 2 heterocycles. The van der Waals surface area contributed by atoms with E-state index in [2.05, 4.69) is 15.3 Å². The van der Waals surface area contributed by atoms with Crippen LogP contribution in [-0.2, 0) is 6.42 Å². The third-order valence-electron chi connectivity index (χ3n) is 4.56. The number of pyridine rings is 1. The zero-order valence-electron chi connectivity index (χ0n) is 14.4. The number of hydrogen-bond acceptors (Lipinski definition) is 7. The maximum atomic E-state index is 14.6. The van der Waals surface area contributed by atoms with Crippen LogP contribution in [0.15, 0.2) is 47.5 Å². The summed E-state index contributed by atoms with van der Waals surface area (Å²) in [6.07, 6.45) is 3.35. The molecular formula is C19H14F2N6O. The van der Waals surface area contributed by atoms with Crippen LogP contribution < -0.4 is 11.1 Å². The molecule has 7 nitrogen and oxygen atoms in total. The zero-order chi connectivity index (χ0) is 19.9. The molecule has 140 valence electrons. The van der Waals surface area contributed by atoms with Crippen LogP contribution >= 0.6 is 0 Å². The Balaban J connectivity index is 1.67. The number of halogens is 2. The molecule has 1 aromatic carbocycles. The van der Waals surface area contributed by atoms with Crippen molar-refractivity contribution in [2.45, 2.75) is 18.4 Å². The van der Waals surface area contributed by atoms with Gasteiger partial charge in [0.2, 0.25) is 0 Å². The van der Waals surface area contributed by atoms with Gasteiger partial charge in [0.15, 0.2) is 12.2 Å². The van der Waals surface area contributed by atoms with E-state index in [1.165, 1.54) is 37.0 Å². The smallest absolute Gasteiger partial charge is 0.277 e. The van der Waals surface area contributed by atoms with Gasteiger partial charge in [0.25, 0.3) is 5.92 Å². The number of alkyl halides is 2. The van der Waals surface area contributed by atoms with Gasteiger partial charge >= 0.3 is 0 Å². The van der Waals surface area contributed by atoms with E-state index >= 15 is 0 Å². The van der Waals surface area contributed by atoms with E-state index in [0.29, 0.717) is 22.5 Å². The molecule has 0 spiro atoms. The van der Waals surface area contributed by atoms with E-state index < -0.39 is 18.4 Å². The second kappa shape index (κ2) is 6.42. The minimum atomic E-state index is -3.08. The van der Waals surface area contributed by atoms with Crippen LogP contribution in [0.1, 0.15) is 34.2 Å². The largest absolute Gasteiger partial charge is 0.442 e. The first kappa shape index (κ1) is 17.6. The van der Waals surface area contributed by atoms with E-state index in [0.717, 1.165) is 0 Å². The Morgan fingerprint density at radius 1 is 1.36 bits per heavy atom. The summed E-state index contributed by atoms with van der Waals surface area (Å²) in [7, 11) is 0. The Morgan fingerprint density at radius 3 is 2.89 bits per heavy atom. The topological polar surface area (TPSA) is 125 Å². The lowest BCUT2D eigenvalue weighted by Gasteiger charge is -2.22. The summed E-state index contributed by atoms with van der Waals surface area (Å²) >= 11 is 0. The summed E-state index contributed by atoms with van der Waals surface area (Å²) < 4.78 is 34.3.